The molecule has 0 aliphatic carbocycles. The Labute approximate surface area is 174 Å². The molecular weight excluding hydrogens is 472 g/mol. The lowest BCUT2D eigenvalue weighted by Crippen LogP contribution is -2.17. The van der Waals surface area contributed by atoms with Gasteiger partial charge in [-0.1, -0.05) is 58.4 Å². The highest BCUT2D eigenvalue weighted by atomic mass is 79.9. The van der Waals surface area contributed by atoms with Crippen LogP contribution in [-0.2, 0) is 11.2 Å². The van der Waals surface area contributed by atoms with E-state index in [4.69, 9.17) is 0 Å². The van der Waals surface area contributed by atoms with Gasteiger partial charge in [0.15, 0.2) is 0 Å². The van der Waals surface area contributed by atoms with Gasteiger partial charge in [-0.25, -0.2) is 5.43 Å². The van der Waals surface area contributed by atoms with Crippen LogP contribution in [0.1, 0.15) is 23.1 Å². The normalized spacial score (nSPS) is 11.2. The van der Waals surface area contributed by atoms with Crippen LogP contribution < -0.4 is 5.43 Å². The van der Waals surface area contributed by atoms with Crippen molar-refractivity contribution in [3.63, 3.8) is 0 Å². The second-order valence-electron chi connectivity index (χ2n) is 6.21. The number of phenols is 1. The van der Waals surface area contributed by atoms with Crippen LogP contribution >= 0.6 is 31.9 Å². The number of nitrogens with one attached hydrogen (secondary N) is 1. The number of aromatic hydroxyl groups is 1. The van der Waals surface area contributed by atoms with Gasteiger partial charge in [0.25, 0.3) is 0 Å². The summed E-state index contributed by atoms with van der Waals surface area (Å²) in [6.45, 7) is 1.88. The number of hydrogen-bond donors (Lipinski definition) is 2. The Balaban J connectivity index is 1.59. The van der Waals surface area contributed by atoms with Gasteiger partial charge in [0.2, 0.25) is 5.91 Å². The average molecular weight is 490 g/mol. The van der Waals surface area contributed by atoms with Crippen molar-refractivity contribution in [2.45, 2.75) is 19.8 Å². The molecule has 0 unspecified atom stereocenters. The van der Waals surface area contributed by atoms with E-state index in [0.29, 0.717) is 22.9 Å². The van der Waals surface area contributed by atoms with Gasteiger partial charge in [0.05, 0.1) is 10.7 Å². The highest BCUT2D eigenvalue weighted by Crippen LogP contribution is 2.35. The van der Waals surface area contributed by atoms with Crippen LogP contribution in [0.15, 0.2) is 62.6 Å². The third-order valence-electron chi connectivity index (χ3n) is 4.30. The number of benzene rings is 3. The molecular formula is C21H18Br2N2O2. The minimum absolute atomic E-state index is 0.0878. The molecule has 0 radical (unpaired) electrons. The molecule has 2 N–H and O–H groups in total. The van der Waals surface area contributed by atoms with Gasteiger partial charge in [0.1, 0.15) is 5.75 Å². The fraction of sp³-hybridized carbons (Fsp3) is 0.143. The number of fused-ring (bicyclic) bond motifs is 1. The molecule has 0 atom stereocenters. The molecule has 138 valence electrons. The van der Waals surface area contributed by atoms with Crippen LogP contribution in [0.4, 0.5) is 0 Å². The average Bonchev–Trinajstić information content (AvgIpc) is 2.68. The first-order valence-electron chi connectivity index (χ1n) is 8.43. The Morgan fingerprint density at radius 2 is 1.89 bits per heavy atom. The molecule has 27 heavy (non-hydrogen) atoms. The smallest absolute Gasteiger partial charge is 0.240 e. The Kier molecular flexibility index (Phi) is 6.29. The molecule has 3 aromatic carbocycles. The molecule has 0 bridgehead atoms. The Hall–Kier alpha value is -2.18. The van der Waals surface area contributed by atoms with E-state index in [1.54, 1.807) is 6.07 Å². The highest BCUT2D eigenvalue weighted by molar-refractivity contribution is 9.11. The molecule has 1 amide bonds. The van der Waals surface area contributed by atoms with E-state index >= 15 is 0 Å². The maximum atomic E-state index is 12.0. The predicted octanol–water partition coefficient (Wildman–Crippen LogP) is 5.46. The number of hydrogen-bond acceptors (Lipinski definition) is 3. The van der Waals surface area contributed by atoms with Crippen LogP contribution in [0.2, 0.25) is 0 Å². The van der Waals surface area contributed by atoms with Crippen molar-refractivity contribution in [2.75, 3.05) is 0 Å². The molecule has 0 saturated carbocycles. The third kappa shape index (κ3) is 4.76. The Morgan fingerprint density at radius 3 is 2.67 bits per heavy atom. The number of rotatable bonds is 5. The van der Waals surface area contributed by atoms with E-state index in [0.717, 1.165) is 15.6 Å². The first-order valence-corrected chi connectivity index (χ1v) is 10.0. The number of carbonyl (C=O) groups is 1. The quantitative estimate of drug-likeness (QED) is 0.369. The summed E-state index contributed by atoms with van der Waals surface area (Å²) in [5, 5.41) is 16.4. The van der Waals surface area contributed by atoms with Crippen molar-refractivity contribution >= 4 is 54.8 Å². The second kappa shape index (κ2) is 8.67. The third-order valence-corrected chi connectivity index (χ3v) is 6.09. The number of carbonyl (C=O) groups excluding carboxylic acids is 1. The fourth-order valence-electron chi connectivity index (χ4n) is 2.70. The first kappa shape index (κ1) is 19.6. The van der Waals surface area contributed by atoms with E-state index in [9.17, 15) is 9.90 Å². The molecule has 0 aliphatic heterocycles. The number of nitrogens with zero attached hydrogens (tertiary/aromatic N) is 1. The van der Waals surface area contributed by atoms with Crippen molar-refractivity contribution in [3.05, 3.63) is 74.2 Å². The number of halogens is 2. The number of aryl methyl sites for hydroxylation is 1. The van der Waals surface area contributed by atoms with Crippen LogP contribution in [0, 0.1) is 6.92 Å². The first-order chi connectivity index (χ1) is 13.0. The van der Waals surface area contributed by atoms with Crippen molar-refractivity contribution < 1.29 is 9.90 Å². The summed E-state index contributed by atoms with van der Waals surface area (Å²) < 4.78 is 1.44. The zero-order valence-electron chi connectivity index (χ0n) is 14.7. The monoisotopic (exact) mass is 488 g/mol. The molecule has 4 nitrogen and oxygen atoms in total. The fourth-order valence-corrected chi connectivity index (χ4v) is 3.86. The van der Waals surface area contributed by atoms with Gasteiger partial charge in [-0.3, -0.25) is 4.79 Å². The summed E-state index contributed by atoms with van der Waals surface area (Å²) in [7, 11) is 0. The zero-order chi connectivity index (χ0) is 19.4. The summed E-state index contributed by atoms with van der Waals surface area (Å²) >= 11 is 6.77. The van der Waals surface area contributed by atoms with Gasteiger partial charge < -0.3 is 5.11 Å². The van der Waals surface area contributed by atoms with Gasteiger partial charge in [-0.15, -0.1) is 0 Å². The lowest BCUT2D eigenvalue weighted by atomic mass is 10.0. The lowest BCUT2D eigenvalue weighted by molar-refractivity contribution is -0.121. The maximum absolute atomic E-state index is 12.0. The largest absolute Gasteiger partial charge is 0.506 e. The summed E-state index contributed by atoms with van der Waals surface area (Å²) in [6.07, 6.45) is 2.40. The standard InChI is InChI=1S/C21H18Br2N2O2/c1-13-18(22)11-17(21(27)20(13)23)12-24-25-19(26)9-7-14-6-8-15-4-2-3-5-16(15)10-14/h2-6,8,10-12,27H,7,9H2,1H3,(H,25,26)/b24-12-. The number of amides is 1. The van der Waals surface area contributed by atoms with E-state index in [-0.39, 0.29) is 11.7 Å². The van der Waals surface area contributed by atoms with Crippen LogP contribution in [0.25, 0.3) is 10.8 Å². The summed E-state index contributed by atoms with van der Waals surface area (Å²) in [5.74, 6) is -0.0889. The molecule has 0 aliphatic rings. The zero-order valence-corrected chi connectivity index (χ0v) is 17.8. The van der Waals surface area contributed by atoms with Gasteiger partial charge in [0, 0.05) is 16.5 Å². The van der Waals surface area contributed by atoms with Crippen molar-refractivity contribution in [2.24, 2.45) is 5.10 Å². The minimum atomic E-state index is -0.177. The van der Waals surface area contributed by atoms with Crippen LogP contribution in [0.5, 0.6) is 5.75 Å². The van der Waals surface area contributed by atoms with E-state index < -0.39 is 0 Å². The summed E-state index contributed by atoms with van der Waals surface area (Å²) in [6, 6.07) is 16.1. The Bertz CT molecular complexity index is 1030. The molecule has 0 fully saturated rings. The Morgan fingerprint density at radius 1 is 1.15 bits per heavy atom. The molecule has 0 aromatic heterocycles. The highest BCUT2D eigenvalue weighted by Gasteiger charge is 2.10. The van der Waals surface area contributed by atoms with E-state index in [1.165, 1.54) is 17.0 Å². The van der Waals surface area contributed by atoms with Crippen LogP contribution in [0.3, 0.4) is 0 Å². The van der Waals surface area contributed by atoms with E-state index in [1.807, 2.05) is 25.1 Å². The lowest BCUT2D eigenvalue weighted by Gasteiger charge is -2.07. The maximum Gasteiger partial charge on any atom is 0.240 e. The summed E-state index contributed by atoms with van der Waals surface area (Å²) in [5.41, 5.74) is 5.02. The van der Waals surface area contributed by atoms with E-state index in [2.05, 4.69) is 66.7 Å². The molecule has 0 spiro atoms. The topological polar surface area (TPSA) is 61.7 Å². The van der Waals surface area contributed by atoms with Crippen molar-refractivity contribution in [3.8, 4) is 5.75 Å². The number of hydrazone groups is 1. The second-order valence-corrected chi connectivity index (χ2v) is 7.86. The molecule has 6 heteroatoms. The minimum Gasteiger partial charge on any atom is -0.506 e. The van der Waals surface area contributed by atoms with Crippen LogP contribution in [-0.4, -0.2) is 17.2 Å². The SMILES string of the molecule is Cc1c(Br)cc(/C=N\NC(=O)CCc2ccc3ccccc3c2)c(O)c1Br. The molecule has 3 aromatic rings. The van der Waals surface area contributed by atoms with Gasteiger partial charge in [-0.2, -0.15) is 5.10 Å². The molecule has 0 saturated heterocycles. The molecule has 3 rings (SSSR count). The number of phenolic OH excluding ortho intramolecular Hbond substituents is 1. The van der Waals surface area contributed by atoms with Crippen molar-refractivity contribution in [1.82, 2.24) is 5.43 Å². The van der Waals surface area contributed by atoms with Gasteiger partial charge in [-0.05, 0) is 57.2 Å². The van der Waals surface area contributed by atoms with Gasteiger partial charge >= 0.3 is 0 Å². The summed E-state index contributed by atoms with van der Waals surface area (Å²) in [4.78, 5) is 12.0. The molecule has 0 heterocycles. The van der Waals surface area contributed by atoms with Crippen molar-refractivity contribution in [1.29, 1.82) is 0 Å². The predicted molar refractivity (Wildman–Crippen MR) is 116 cm³/mol.